The van der Waals surface area contributed by atoms with Crippen molar-refractivity contribution in [3.8, 4) is 5.88 Å². The average molecular weight is 465 g/mol. The molecule has 174 valence electrons. The van der Waals surface area contributed by atoms with Gasteiger partial charge in [0, 0.05) is 19.0 Å². The molecule has 32 heavy (non-hydrogen) atoms. The molecule has 1 aliphatic rings. The number of methoxy groups -OCH3 is 1. The van der Waals surface area contributed by atoms with Gasteiger partial charge in [-0.2, -0.15) is 0 Å². The zero-order chi connectivity index (χ0) is 23.3. The topological polar surface area (TPSA) is 109 Å². The lowest BCUT2D eigenvalue weighted by atomic mass is 9.85. The molecule has 3 N–H and O–H groups in total. The van der Waals surface area contributed by atoms with Crippen LogP contribution in [0.25, 0.3) is 0 Å². The molecule has 1 aromatic heterocycles. The Hall–Kier alpha value is -2.72. The van der Waals surface area contributed by atoms with Gasteiger partial charge in [-0.25, -0.2) is 22.5 Å². The number of carbonyl (C=O) groups excluding carboxylic acids is 1. The van der Waals surface area contributed by atoms with Crippen LogP contribution in [0.1, 0.15) is 44.2 Å². The van der Waals surface area contributed by atoms with Crippen LogP contribution in [0.3, 0.4) is 0 Å². The van der Waals surface area contributed by atoms with E-state index in [-0.39, 0.29) is 34.6 Å². The second-order valence-corrected chi connectivity index (χ2v) is 9.64. The van der Waals surface area contributed by atoms with Crippen LogP contribution in [0.2, 0.25) is 0 Å². The molecule has 1 atom stereocenters. The van der Waals surface area contributed by atoms with Crippen molar-refractivity contribution in [1.82, 2.24) is 15.0 Å². The van der Waals surface area contributed by atoms with E-state index < -0.39 is 10.0 Å². The molecule has 10 heteroatoms. The first-order valence-electron chi connectivity index (χ1n) is 10.5. The Labute approximate surface area is 188 Å². The number of ether oxygens (including phenoxy) is 1. The predicted octanol–water partition coefficient (Wildman–Crippen LogP) is 2.99. The van der Waals surface area contributed by atoms with Crippen LogP contribution in [-0.4, -0.2) is 39.5 Å². The third-order valence-electron chi connectivity index (χ3n) is 5.75. The summed E-state index contributed by atoms with van der Waals surface area (Å²) in [6, 6.07) is 7.03. The Balaban J connectivity index is 1.55. The Morgan fingerprint density at radius 2 is 1.84 bits per heavy atom. The van der Waals surface area contributed by atoms with Crippen molar-refractivity contribution in [3.63, 3.8) is 0 Å². The summed E-state index contributed by atoms with van der Waals surface area (Å²) in [4.78, 5) is 16.7. The second-order valence-electron chi connectivity index (χ2n) is 7.93. The molecule has 3 rings (SSSR count). The first kappa shape index (κ1) is 23.9. The van der Waals surface area contributed by atoms with Crippen LogP contribution < -0.4 is 20.1 Å². The number of carbonyl (C=O) groups is 1. The number of nitrogens with one attached hydrogen (secondary N) is 3. The molecule has 1 amide bonds. The number of nitrogens with zero attached hydrogens (tertiary/aromatic N) is 1. The highest BCUT2D eigenvalue weighted by atomic mass is 32.2. The van der Waals surface area contributed by atoms with Crippen molar-refractivity contribution in [2.24, 2.45) is 5.92 Å². The minimum atomic E-state index is -3.75. The van der Waals surface area contributed by atoms with Crippen LogP contribution in [0, 0.1) is 11.7 Å². The molecule has 1 aromatic carbocycles. The number of rotatable bonds is 8. The van der Waals surface area contributed by atoms with E-state index in [1.54, 1.807) is 19.2 Å². The number of anilines is 1. The summed E-state index contributed by atoms with van der Waals surface area (Å²) in [5.74, 6) is -0.258. The van der Waals surface area contributed by atoms with Gasteiger partial charge in [0.2, 0.25) is 21.8 Å². The molecule has 8 nitrogen and oxygen atoms in total. The number of halogens is 1. The fourth-order valence-corrected chi connectivity index (χ4v) is 5.12. The van der Waals surface area contributed by atoms with Gasteiger partial charge in [0.25, 0.3) is 0 Å². The number of hydrogen-bond acceptors (Lipinski definition) is 6. The minimum absolute atomic E-state index is 0.0515. The van der Waals surface area contributed by atoms with Crippen LogP contribution in [0.4, 0.5) is 10.1 Å². The summed E-state index contributed by atoms with van der Waals surface area (Å²) >= 11 is 0. The minimum Gasteiger partial charge on any atom is -0.480 e. The lowest BCUT2D eigenvalue weighted by molar-refractivity contribution is -0.126. The molecule has 0 unspecified atom stereocenters. The van der Waals surface area contributed by atoms with Crippen molar-refractivity contribution >= 4 is 21.6 Å². The normalized spacial score (nSPS) is 19.8. The lowest BCUT2D eigenvalue weighted by Crippen LogP contribution is -2.41. The molecule has 1 aliphatic carbocycles. The highest BCUT2D eigenvalue weighted by Crippen LogP contribution is 2.28. The second kappa shape index (κ2) is 10.3. The Kier molecular flexibility index (Phi) is 7.68. The van der Waals surface area contributed by atoms with Gasteiger partial charge >= 0.3 is 0 Å². The van der Waals surface area contributed by atoms with E-state index in [9.17, 15) is 17.6 Å². The van der Waals surface area contributed by atoms with Crippen LogP contribution in [0.15, 0.2) is 41.4 Å². The number of pyridine rings is 1. The highest BCUT2D eigenvalue weighted by Gasteiger charge is 2.30. The molecule has 1 saturated carbocycles. The number of hydrogen-bond donors (Lipinski definition) is 3. The standard InChI is InChI=1S/C22H29FN4O4S/c1-14(15-4-8-17(23)9-5-15)26-21(28)16-6-10-18(11-7-16)27-32(29,30)19-12-20(24-2)22(31-3)25-13-19/h4-5,8-9,12-14,16,18,24,27H,6-7,10-11H2,1-3H3,(H,26,28)/t14-,16?,18?/m1/s1. The van der Waals surface area contributed by atoms with Gasteiger partial charge in [0.05, 0.1) is 25.0 Å². The highest BCUT2D eigenvalue weighted by molar-refractivity contribution is 7.89. The van der Waals surface area contributed by atoms with Crippen LogP contribution in [0.5, 0.6) is 5.88 Å². The summed E-state index contributed by atoms with van der Waals surface area (Å²) in [5, 5.41) is 5.84. The van der Waals surface area contributed by atoms with Gasteiger partial charge in [0.1, 0.15) is 10.7 Å². The molecule has 0 radical (unpaired) electrons. The summed E-state index contributed by atoms with van der Waals surface area (Å²) < 4.78 is 46.5. The molecule has 0 saturated heterocycles. The average Bonchev–Trinajstić information content (AvgIpc) is 2.79. The molecular weight excluding hydrogens is 435 g/mol. The van der Waals surface area contributed by atoms with Crippen molar-refractivity contribution in [2.45, 2.75) is 49.6 Å². The first-order valence-corrected chi connectivity index (χ1v) is 12.0. The SMILES string of the molecule is CNc1cc(S(=O)(=O)NC2CCC(C(=O)N[C@H](C)c3ccc(F)cc3)CC2)cnc1OC. The monoisotopic (exact) mass is 464 g/mol. The first-order chi connectivity index (χ1) is 15.2. The Morgan fingerprint density at radius 1 is 1.19 bits per heavy atom. The van der Waals surface area contributed by atoms with Crippen molar-refractivity contribution < 1.29 is 22.3 Å². The number of amides is 1. The third-order valence-corrected chi connectivity index (χ3v) is 7.24. The molecule has 0 bridgehead atoms. The van der Waals surface area contributed by atoms with E-state index in [0.717, 1.165) is 5.56 Å². The smallest absolute Gasteiger partial charge is 0.242 e. The van der Waals surface area contributed by atoms with E-state index in [0.29, 0.717) is 37.3 Å². The molecule has 0 spiro atoms. The summed E-state index contributed by atoms with van der Waals surface area (Å²) in [6.45, 7) is 1.85. The molecular formula is C22H29FN4O4S. The maximum Gasteiger partial charge on any atom is 0.242 e. The van der Waals surface area contributed by atoms with Gasteiger partial charge in [-0.15, -0.1) is 0 Å². The summed E-state index contributed by atoms with van der Waals surface area (Å²) in [5.41, 5.74) is 1.31. The fourth-order valence-electron chi connectivity index (χ4n) is 3.85. The van der Waals surface area contributed by atoms with E-state index in [1.807, 2.05) is 6.92 Å². The van der Waals surface area contributed by atoms with Crippen molar-refractivity contribution in [2.75, 3.05) is 19.5 Å². The van der Waals surface area contributed by atoms with Gasteiger partial charge in [-0.3, -0.25) is 4.79 Å². The van der Waals surface area contributed by atoms with Gasteiger partial charge in [-0.05, 0) is 56.4 Å². The Bertz CT molecular complexity index is 1040. The van der Waals surface area contributed by atoms with Crippen LogP contribution in [-0.2, 0) is 14.8 Å². The van der Waals surface area contributed by atoms with E-state index in [4.69, 9.17) is 4.74 Å². The molecule has 0 aliphatic heterocycles. The predicted molar refractivity (Wildman–Crippen MR) is 119 cm³/mol. The summed E-state index contributed by atoms with van der Waals surface area (Å²) in [7, 11) is -0.631. The maximum absolute atomic E-state index is 13.1. The van der Waals surface area contributed by atoms with Gasteiger partial charge in [-0.1, -0.05) is 12.1 Å². The fraction of sp³-hybridized carbons (Fsp3) is 0.455. The maximum atomic E-state index is 13.1. The van der Waals surface area contributed by atoms with Crippen LogP contribution >= 0.6 is 0 Å². The van der Waals surface area contributed by atoms with Crippen molar-refractivity contribution in [1.29, 1.82) is 0 Å². The summed E-state index contributed by atoms with van der Waals surface area (Å²) in [6.07, 6.45) is 3.54. The van der Waals surface area contributed by atoms with E-state index in [1.165, 1.54) is 31.5 Å². The number of sulfonamides is 1. The molecule has 2 aromatic rings. The molecule has 1 heterocycles. The van der Waals surface area contributed by atoms with Gasteiger partial charge in [0.15, 0.2) is 0 Å². The lowest BCUT2D eigenvalue weighted by Gasteiger charge is -2.29. The Morgan fingerprint density at radius 3 is 2.44 bits per heavy atom. The molecule has 1 fully saturated rings. The third kappa shape index (κ3) is 5.74. The zero-order valence-electron chi connectivity index (χ0n) is 18.4. The number of aromatic nitrogens is 1. The van der Waals surface area contributed by atoms with E-state index in [2.05, 4.69) is 20.3 Å². The quantitative estimate of drug-likeness (QED) is 0.554. The largest absolute Gasteiger partial charge is 0.480 e. The van der Waals surface area contributed by atoms with E-state index >= 15 is 0 Å². The van der Waals surface area contributed by atoms with Gasteiger partial charge < -0.3 is 15.4 Å². The number of benzene rings is 1. The van der Waals surface area contributed by atoms with Crippen molar-refractivity contribution in [3.05, 3.63) is 47.9 Å². The zero-order valence-corrected chi connectivity index (χ0v) is 19.2.